The zero-order valence-electron chi connectivity index (χ0n) is 11.1. The SMILES string of the molecule is COc1ccc(C(=O)NCCCC(C)C)cc1Br. The Kier molecular flexibility index (Phi) is 6.19. The molecule has 100 valence electrons. The molecule has 1 aromatic carbocycles. The van der Waals surface area contributed by atoms with Gasteiger partial charge in [-0.2, -0.15) is 0 Å². The summed E-state index contributed by atoms with van der Waals surface area (Å²) >= 11 is 3.37. The van der Waals surface area contributed by atoms with E-state index >= 15 is 0 Å². The molecule has 0 aromatic heterocycles. The molecule has 0 aliphatic rings. The molecule has 1 rings (SSSR count). The first-order chi connectivity index (χ1) is 8.54. The molecule has 0 aliphatic heterocycles. The van der Waals surface area contributed by atoms with Gasteiger partial charge in [-0.3, -0.25) is 4.79 Å². The average molecular weight is 314 g/mol. The Bertz CT molecular complexity index is 405. The van der Waals surface area contributed by atoms with Gasteiger partial charge in [0.25, 0.3) is 5.91 Å². The number of carbonyl (C=O) groups excluding carboxylic acids is 1. The second-order valence-electron chi connectivity index (χ2n) is 4.64. The third-order valence-electron chi connectivity index (χ3n) is 2.66. The third-order valence-corrected chi connectivity index (χ3v) is 3.28. The van der Waals surface area contributed by atoms with Crippen molar-refractivity contribution in [2.75, 3.05) is 13.7 Å². The number of halogens is 1. The fraction of sp³-hybridized carbons (Fsp3) is 0.500. The Morgan fingerprint density at radius 3 is 2.72 bits per heavy atom. The molecular weight excluding hydrogens is 294 g/mol. The van der Waals surface area contributed by atoms with Gasteiger partial charge in [-0.25, -0.2) is 0 Å². The van der Waals surface area contributed by atoms with Crippen molar-refractivity contribution >= 4 is 21.8 Å². The lowest BCUT2D eigenvalue weighted by Gasteiger charge is -2.08. The van der Waals surface area contributed by atoms with Crippen LogP contribution in [-0.2, 0) is 0 Å². The van der Waals surface area contributed by atoms with Crippen molar-refractivity contribution in [1.29, 1.82) is 0 Å². The monoisotopic (exact) mass is 313 g/mol. The fourth-order valence-corrected chi connectivity index (χ4v) is 2.16. The molecular formula is C14H20BrNO2. The predicted octanol–water partition coefficient (Wildman–Crippen LogP) is 3.62. The van der Waals surface area contributed by atoms with E-state index in [1.165, 1.54) is 0 Å². The zero-order chi connectivity index (χ0) is 13.5. The summed E-state index contributed by atoms with van der Waals surface area (Å²) in [6.45, 7) is 5.09. The standard InChI is InChI=1S/C14H20BrNO2/c1-10(2)5-4-8-16-14(17)11-6-7-13(18-3)12(15)9-11/h6-7,9-10H,4-5,8H2,1-3H3,(H,16,17). The Morgan fingerprint density at radius 2 is 2.17 bits per heavy atom. The average Bonchev–Trinajstić information content (AvgIpc) is 2.34. The Hall–Kier alpha value is -1.03. The van der Waals surface area contributed by atoms with E-state index in [0.717, 1.165) is 29.6 Å². The van der Waals surface area contributed by atoms with Gasteiger partial charge in [-0.15, -0.1) is 0 Å². The first-order valence-electron chi connectivity index (χ1n) is 6.16. The van der Waals surface area contributed by atoms with E-state index in [2.05, 4.69) is 35.1 Å². The molecule has 0 fully saturated rings. The van der Waals surface area contributed by atoms with Crippen LogP contribution >= 0.6 is 15.9 Å². The van der Waals surface area contributed by atoms with Gasteiger partial charge in [0.15, 0.2) is 0 Å². The molecule has 0 spiro atoms. The Balaban J connectivity index is 2.49. The number of ether oxygens (including phenoxy) is 1. The topological polar surface area (TPSA) is 38.3 Å². The van der Waals surface area contributed by atoms with E-state index < -0.39 is 0 Å². The Labute approximate surface area is 117 Å². The van der Waals surface area contributed by atoms with Crippen LogP contribution in [0, 0.1) is 5.92 Å². The molecule has 1 aromatic rings. The molecule has 3 nitrogen and oxygen atoms in total. The van der Waals surface area contributed by atoms with Crippen LogP contribution in [0.3, 0.4) is 0 Å². The van der Waals surface area contributed by atoms with Gasteiger partial charge >= 0.3 is 0 Å². The van der Waals surface area contributed by atoms with E-state index in [0.29, 0.717) is 11.5 Å². The van der Waals surface area contributed by atoms with Crippen molar-refractivity contribution in [2.24, 2.45) is 5.92 Å². The van der Waals surface area contributed by atoms with Crippen LogP contribution in [0.2, 0.25) is 0 Å². The molecule has 1 N–H and O–H groups in total. The summed E-state index contributed by atoms with van der Waals surface area (Å²) in [6, 6.07) is 5.32. The normalized spacial score (nSPS) is 10.5. The van der Waals surface area contributed by atoms with Gasteiger partial charge in [0, 0.05) is 12.1 Å². The lowest BCUT2D eigenvalue weighted by molar-refractivity contribution is 0.0952. The van der Waals surface area contributed by atoms with E-state index in [1.807, 2.05) is 0 Å². The summed E-state index contributed by atoms with van der Waals surface area (Å²) in [5.74, 6) is 1.37. The van der Waals surface area contributed by atoms with Crippen LogP contribution in [0.15, 0.2) is 22.7 Å². The van der Waals surface area contributed by atoms with Gasteiger partial charge in [0.05, 0.1) is 11.6 Å². The number of rotatable bonds is 6. The lowest BCUT2D eigenvalue weighted by Crippen LogP contribution is -2.24. The van der Waals surface area contributed by atoms with Crippen LogP contribution in [-0.4, -0.2) is 19.6 Å². The van der Waals surface area contributed by atoms with Gasteiger partial charge in [-0.1, -0.05) is 13.8 Å². The minimum atomic E-state index is -0.0397. The third kappa shape index (κ3) is 4.69. The second kappa shape index (κ2) is 7.41. The fourth-order valence-electron chi connectivity index (χ4n) is 1.62. The molecule has 0 bridgehead atoms. The maximum Gasteiger partial charge on any atom is 0.251 e. The van der Waals surface area contributed by atoms with Crippen LogP contribution < -0.4 is 10.1 Å². The van der Waals surface area contributed by atoms with Crippen LogP contribution in [0.5, 0.6) is 5.75 Å². The smallest absolute Gasteiger partial charge is 0.251 e. The van der Waals surface area contributed by atoms with Gasteiger partial charge in [0.2, 0.25) is 0 Å². The highest BCUT2D eigenvalue weighted by Gasteiger charge is 2.08. The number of nitrogens with one attached hydrogen (secondary N) is 1. The number of hydrogen-bond acceptors (Lipinski definition) is 2. The molecule has 4 heteroatoms. The summed E-state index contributed by atoms with van der Waals surface area (Å²) in [5.41, 5.74) is 0.646. The summed E-state index contributed by atoms with van der Waals surface area (Å²) in [4.78, 5) is 11.9. The summed E-state index contributed by atoms with van der Waals surface area (Å²) in [7, 11) is 1.60. The molecule has 0 saturated heterocycles. The molecule has 0 aliphatic carbocycles. The number of methoxy groups -OCH3 is 1. The second-order valence-corrected chi connectivity index (χ2v) is 5.50. The molecule has 0 saturated carbocycles. The van der Waals surface area contributed by atoms with Crippen LogP contribution in [0.4, 0.5) is 0 Å². The quantitative estimate of drug-likeness (QED) is 0.814. The predicted molar refractivity (Wildman–Crippen MR) is 77.1 cm³/mol. The zero-order valence-corrected chi connectivity index (χ0v) is 12.7. The lowest BCUT2D eigenvalue weighted by atomic mass is 10.1. The summed E-state index contributed by atoms with van der Waals surface area (Å²) < 4.78 is 5.92. The van der Waals surface area contributed by atoms with Crippen molar-refractivity contribution in [1.82, 2.24) is 5.32 Å². The first-order valence-corrected chi connectivity index (χ1v) is 6.95. The molecule has 18 heavy (non-hydrogen) atoms. The van der Waals surface area contributed by atoms with E-state index in [9.17, 15) is 4.79 Å². The molecule has 0 atom stereocenters. The van der Waals surface area contributed by atoms with Crippen LogP contribution in [0.25, 0.3) is 0 Å². The number of carbonyl (C=O) groups is 1. The number of amides is 1. The Morgan fingerprint density at radius 1 is 1.44 bits per heavy atom. The van der Waals surface area contributed by atoms with Crippen molar-refractivity contribution in [3.8, 4) is 5.75 Å². The van der Waals surface area contributed by atoms with Crippen LogP contribution in [0.1, 0.15) is 37.0 Å². The van der Waals surface area contributed by atoms with Crippen molar-refractivity contribution in [3.63, 3.8) is 0 Å². The highest BCUT2D eigenvalue weighted by molar-refractivity contribution is 9.10. The largest absolute Gasteiger partial charge is 0.496 e. The van der Waals surface area contributed by atoms with E-state index in [1.54, 1.807) is 25.3 Å². The summed E-state index contributed by atoms with van der Waals surface area (Å²) in [5, 5.41) is 2.92. The van der Waals surface area contributed by atoms with Gasteiger partial charge in [-0.05, 0) is 52.9 Å². The molecule has 1 amide bonds. The highest BCUT2D eigenvalue weighted by Crippen LogP contribution is 2.25. The molecule has 0 unspecified atom stereocenters. The summed E-state index contributed by atoms with van der Waals surface area (Å²) in [6.07, 6.45) is 2.15. The van der Waals surface area contributed by atoms with Crippen molar-refractivity contribution < 1.29 is 9.53 Å². The minimum absolute atomic E-state index is 0.0397. The van der Waals surface area contributed by atoms with Gasteiger partial charge in [0.1, 0.15) is 5.75 Å². The van der Waals surface area contributed by atoms with Crippen molar-refractivity contribution in [2.45, 2.75) is 26.7 Å². The van der Waals surface area contributed by atoms with E-state index in [4.69, 9.17) is 4.74 Å². The van der Waals surface area contributed by atoms with E-state index in [-0.39, 0.29) is 5.91 Å². The maximum atomic E-state index is 11.9. The molecule has 0 heterocycles. The minimum Gasteiger partial charge on any atom is -0.496 e. The number of hydrogen-bond donors (Lipinski definition) is 1. The molecule has 0 radical (unpaired) electrons. The van der Waals surface area contributed by atoms with Crippen molar-refractivity contribution in [3.05, 3.63) is 28.2 Å². The first kappa shape index (κ1) is 15.0. The highest BCUT2D eigenvalue weighted by atomic mass is 79.9. The number of benzene rings is 1. The van der Waals surface area contributed by atoms with Gasteiger partial charge < -0.3 is 10.1 Å². The maximum absolute atomic E-state index is 11.9.